The van der Waals surface area contributed by atoms with Gasteiger partial charge in [0, 0.05) is 0 Å². The minimum Gasteiger partial charge on any atom is -0.387 e. The van der Waals surface area contributed by atoms with Gasteiger partial charge >= 0.3 is 0 Å². The predicted molar refractivity (Wildman–Crippen MR) is 41.7 cm³/mol. The van der Waals surface area contributed by atoms with Crippen molar-refractivity contribution < 1.29 is 35.4 Å². The second kappa shape index (κ2) is 3.70. The largest absolute Gasteiger partial charge is 0.387 e. The van der Waals surface area contributed by atoms with Crippen molar-refractivity contribution in [3.8, 4) is 0 Å². The minimum atomic E-state index is -2.42. The Balaban J connectivity index is 2.81. The van der Waals surface area contributed by atoms with Crippen LogP contribution in [0.4, 0.5) is 0 Å². The van der Waals surface area contributed by atoms with E-state index in [1.807, 2.05) is 0 Å². The molecule has 0 saturated carbocycles. The zero-order valence-electron chi connectivity index (χ0n) is 7.48. The SMILES string of the molecule is CC(O)(O)C1OC(O)C(O)C(O)C1O. The molecule has 84 valence electrons. The van der Waals surface area contributed by atoms with Crippen LogP contribution in [0.25, 0.3) is 0 Å². The summed E-state index contributed by atoms with van der Waals surface area (Å²) in [4.78, 5) is 0. The zero-order valence-corrected chi connectivity index (χ0v) is 7.48. The van der Waals surface area contributed by atoms with E-state index >= 15 is 0 Å². The van der Waals surface area contributed by atoms with Crippen molar-refractivity contribution in [2.75, 3.05) is 0 Å². The van der Waals surface area contributed by atoms with Crippen LogP contribution in [0, 0.1) is 0 Å². The van der Waals surface area contributed by atoms with Gasteiger partial charge in [0.2, 0.25) is 0 Å². The van der Waals surface area contributed by atoms with E-state index in [2.05, 4.69) is 4.74 Å². The van der Waals surface area contributed by atoms with Crippen molar-refractivity contribution in [1.29, 1.82) is 0 Å². The molecule has 0 aromatic heterocycles. The molecule has 14 heavy (non-hydrogen) atoms. The highest BCUT2D eigenvalue weighted by atomic mass is 16.7. The molecule has 7 heteroatoms. The Morgan fingerprint density at radius 2 is 1.43 bits per heavy atom. The van der Waals surface area contributed by atoms with Crippen molar-refractivity contribution in [3.63, 3.8) is 0 Å². The lowest BCUT2D eigenvalue weighted by atomic mass is 9.94. The van der Waals surface area contributed by atoms with Gasteiger partial charge in [-0.3, -0.25) is 0 Å². The summed E-state index contributed by atoms with van der Waals surface area (Å²) < 4.78 is 4.54. The average Bonchev–Trinajstić information content (AvgIpc) is 2.06. The second-order valence-corrected chi connectivity index (χ2v) is 3.51. The summed E-state index contributed by atoms with van der Waals surface area (Å²) in [5.41, 5.74) is 0. The molecule has 5 atom stereocenters. The van der Waals surface area contributed by atoms with Gasteiger partial charge in [0.15, 0.2) is 12.1 Å². The lowest BCUT2D eigenvalue weighted by Crippen LogP contribution is -2.63. The average molecular weight is 210 g/mol. The van der Waals surface area contributed by atoms with Crippen molar-refractivity contribution >= 4 is 0 Å². The van der Waals surface area contributed by atoms with E-state index in [1.165, 1.54) is 0 Å². The Morgan fingerprint density at radius 3 is 1.86 bits per heavy atom. The lowest BCUT2D eigenvalue weighted by molar-refractivity contribution is -0.345. The van der Waals surface area contributed by atoms with Crippen LogP contribution in [0.3, 0.4) is 0 Å². The minimum absolute atomic E-state index is 0.929. The predicted octanol–water partition coefficient (Wildman–Crippen LogP) is -3.51. The first-order valence-electron chi connectivity index (χ1n) is 4.07. The summed E-state index contributed by atoms with van der Waals surface area (Å²) in [6, 6.07) is 0. The maximum absolute atomic E-state index is 9.30. The third-order valence-corrected chi connectivity index (χ3v) is 2.13. The number of aliphatic hydroxyl groups excluding tert-OH is 4. The Hall–Kier alpha value is -0.280. The molecule has 0 aromatic rings. The van der Waals surface area contributed by atoms with Gasteiger partial charge in [-0.1, -0.05) is 0 Å². The molecule has 1 aliphatic rings. The molecular weight excluding hydrogens is 196 g/mol. The molecule has 0 aliphatic carbocycles. The second-order valence-electron chi connectivity index (χ2n) is 3.51. The van der Waals surface area contributed by atoms with Crippen LogP contribution in [-0.4, -0.2) is 67.1 Å². The number of aliphatic hydroxyl groups is 6. The summed E-state index contributed by atoms with van der Waals surface area (Å²) in [6.45, 7) is 0.929. The molecule has 0 spiro atoms. The molecule has 0 radical (unpaired) electrons. The molecule has 6 N–H and O–H groups in total. The molecule has 7 nitrogen and oxygen atoms in total. The Labute approximate surface area is 79.8 Å². The molecule has 0 bridgehead atoms. The van der Waals surface area contributed by atoms with E-state index in [4.69, 9.17) is 20.4 Å². The van der Waals surface area contributed by atoms with Gasteiger partial charge in [-0.25, -0.2) is 0 Å². The Kier molecular flexibility index (Phi) is 3.12. The van der Waals surface area contributed by atoms with Crippen molar-refractivity contribution in [1.82, 2.24) is 0 Å². The Bertz CT molecular complexity index is 201. The first-order chi connectivity index (χ1) is 6.25. The van der Waals surface area contributed by atoms with E-state index in [-0.39, 0.29) is 0 Å². The van der Waals surface area contributed by atoms with Crippen LogP contribution in [0.2, 0.25) is 0 Å². The zero-order chi connectivity index (χ0) is 11.1. The maximum atomic E-state index is 9.30. The molecule has 1 rings (SSSR count). The quantitative estimate of drug-likeness (QED) is 0.247. The molecule has 0 amide bonds. The molecule has 0 aromatic carbocycles. The van der Waals surface area contributed by atoms with Crippen molar-refractivity contribution in [3.05, 3.63) is 0 Å². The summed E-state index contributed by atoms with van der Waals surface area (Å²) in [5.74, 6) is -2.42. The van der Waals surface area contributed by atoms with Gasteiger partial charge in [-0.05, 0) is 6.92 Å². The van der Waals surface area contributed by atoms with Gasteiger partial charge in [0.1, 0.15) is 24.4 Å². The number of rotatable bonds is 1. The molecular formula is C7H14O7. The molecule has 1 heterocycles. The fraction of sp³-hybridized carbons (Fsp3) is 1.00. The highest BCUT2D eigenvalue weighted by Crippen LogP contribution is 2.25. The number of hydrogen-bond acceptors (Lipinski definition) is 7. The van der Waals surface area contributed by atoms with Gasteiger partial charge < -0.3 is 35.4 Å². The van der Waals surface area contributed by atoms with Gasteiger partial charge in [0.25, 0.3) is 0 Å². The highest BCUT2D eigenvalue weighted by molar-refractivity contribution is 4.93. The van der Waals surface area contributed by atoms with Crippen molar-refractivity contribution in [2.24, 2.45) is 0 Å². The normalized spacial score (nSPS) is 45.2. The molecule has 1 aliphatic heterocycles. The summed E-state index contributed by atoms with van der Waals surface area (Å²) in [7, 11) is 0. The first kappa shape index (κ1) is 11.8. The monoisotopic (exact) mass is 210 g/mol. The van der Waals surface area contributed by atoms with Gasteiger partial charge in [-0.2, -0.15) is 0 Å². The third kappa shape index (κ3) is 2.04. The smallest absolute Gasteiger partial charge is 0.189 e. The van der Waals surface area contributed by atoms with E-state index in [0.717, 1.165) is 6.92 Å². The standard InChI is InChI=1S/C7H14O7/c1-7(12,13)5-3(9)2(8)4(10)6(11)14-5/h2-6,8-13H,1H3. The first-order valence-corrected chi connectivity index (χ1v) is 4.07. The molecule has 1 saturated heterocycles. The van der Waals surface area contributed by atoms with Crippen LogP contribution < -0.4 is 0 Å². The summed E-state index contributed by atoms with van der Waals surface area (Å²) >= 11 is 0. The van der Waals surface area contributed by atoms with Gasteiger partial charge in [-0.15, -0.1) is 0 Å². The third-order valence-electron chi connectivity index (χ3n) is 2.13. The lowest BCUT2D eigenvalue weighted by Gasteiger charge is -2.42. The molecule has 5 unspecified atom stereocenters. The van der Waals surface area contributed by atoms with E-state index in [9.17, 15) is 10.2 Å². The van der Waals surface area contributed by atoms with Crippen LogP contribution in [0.1, 0.15) is 6.92 Å². The number of ether oxygens (including phenoxy) is 1. The van der Waals surface area contributed by atoms with Crippen LogP contribution >= 0.6 is 0 Å². The van der Waals surface area contributed by atoms with Crippen LogP contribution in [0.5, 0.6) is 0 Å². The van der Waals surface area contributed by atoms with E-state index < -0.39 is 36.5 Å². The van der Waals surface area contributed by atoms with Gasteiger partial charge in [0.05, 0.1) is 0 Å². The highest BCUT2D eigenvalue weighted by Gasteiger charge is 2.49. The van der Waals surface area contributed by atoms with Crippen LogP contribution in [-0.2, 0) is 4.74 Å². The summed E-state index contributed by atoms with van der Waals surface area (Å²) in [5, 5.41) is 54.8. The van der Waals surface area contributed by atoms with Crippen molar-refractivity contribution in [2.45, 2.75) is 43.4 Å². The van der Waals surface area contributed by atoms with E-state index in [1.54, 1.807) is 0 Å². The fourth-order valence-electron chi connectivity index (χ4n) is 1.31. The fourth-order valence-corrected chi connectivity index (χ4v) is 1.31. The summed E-state index contributed by atoms with van der Waals surface area (Å²) in [6.07, 6.45) is -8.41. The number of hydrogen-bond donors (Lipinski definition) is 6. The Morgan fingerprint density at radius 1 is 0.929 bits per heavy atom. The van der Waals surface area contributed by atoms with E-state index in [0.29, 0.717) is 0 Å². The van der Waals surface area contributed by atoms with Crippen LogP contribution in [0.15, 0.2) is 0 Å². The molecule has 1 fully saturated rings. The topological polar surface area (TPSA) is 131 Å². The maximum Gasteiger partial charge on any atom is 0.189 e.